The Morgan fingerprint density at radius 3 is 2.50 bits per heavy atom. The van der Waals surface area contributed by atoms with E-state index in [-0.39, 0.29) is 11.8 Å². The number of benzene rings is 1. The lowest BCUT2D eigenvalue weighted by Crippen LogP contribution is -2.39. The molecule has 0 unspecified atom stereocenters. The minimum Gasteiger partial charge on any atom is -0.212 e. The third kappa shape index (κ3) is 3.74. The van der Waals surface area contributed by atoms with E-state index >= 15 is 0 Å². The van der Waals surface area contributed by atoms with Crippen molar-refractivity contribution in [3.8, 4) is 0 Å². The Morgan fingerprint density at radius 2 is 1.90 bits per heavy atom. The summed E-state index contributed by atoms with van der Waals surface area (Å²) in [5, 5.41) is 0. The molecule has 0 spiro atoms. The maximum absolute atomic E-state index is 12.6. The largest absolute Gasteiger partial charge is 0.218 e. The first-order valence-electron chi connectivity index (χ1n) is 7.20. The van der Waals surface area contributed by atoms with E-state index in [0.717, 1.165) is 36.8 Å². The molecule has 0 aliphatic heterocycles. The van der Waals surface area contributed by atoms with Gasteiger partial charge in [-0.05, 0) is 24.0 Å². The molecular weight excluding hydrogens is 294 g/mol. The van der Waals surface area contributed by atoms with Gasteiger partial charge < -0.3 is 0 Å². The second-order valence-electron chi connectivity index (χ2n) is 5.35. The second kappa shape index (κ2) is 6.92. The van der Waals surface area contributed by atoms with Gasteiger partial charge in [0, 0.05) is 18.5 Å². The molecule has 1 aromatic rings. The molecule has 3 nitrogen and oxygen atoms in total. The number of hydrogen-bond acceptors (Lipinski definition) is 2. The maximum atomic E-state index is 12.6. The average molecular weight is 316 g/mol. The molecule has 1 fully saturated rings. The van der Waals surface area contributed by atoms with Crippen LogP contribution in [-0.4, -0.2) is 25.3 Å². The normalized spacial score (nSPS) is 16.9. The molecule has 0 radical (unpaired) electrons. The highest BCUT2D eigenvalue weighted by Gasteiger charge is 2.30. The van der Waals surface area contributed by atoms with Crippen molar-refractivity contribution >= 4 is 21.6 Å². The molecule has 0 heterocycles. The molecule has 0 saturated heterocycles. The smallest absolute Gasteiger partial charge is 0.212 e. The first-order valence-corrected chi connectivity index (χ1v) is 9.34. The summed E-state index contributed by atoms with van der Waals surface area (Å²) in [5.74, 6) is 0.482. The van der Waals surface area contributed by atoms with Crippen LogP contribution in [0.25, 0.3) is 0 Å². The first kappa shape index (κ1) is 15.8. The van der Waals surface area contributed by atoms with Crippen molar-refractivity contribution in [2.75, 3.05) is 6.54 Å². The van der Waals surface area contributed by atoms with Crippen molar-refractivity contribution in [3.63, 3.8) is 0 Å². The minimum atomic E-state index is -3.24. The van der Waals surface area contributed by atoms with E-state index in [1.54, 1.807) is 4.31 Å². The highest BCUT2D eigenvalue weighted by Crippen LogP contribution is 2.27. The maximum Gasteiger partial charge on any atom is 0.218 e. The summed E-state index contributed by atoms with van der Waals surface area (Å²) in [5.41, 5.74) is 1.78. The Morgan fingerprint density at radius 1 is 1.25 bits per heavy atom. The summed E-state index contributed by atoms with van der Waals surface area (Å²) in [4.78, 5) is 0. The molecule has 0 atom stereocenters. The fourth-order valence-corrected chi connectivity index (χ4v) is 4.96. The van der Waals surface area contributed by atoms with E-state index in [2.05, 4.69) is 0 Å². The molecule has 1 aliphatic rings. The average Bonchev–Trinajstić information content (AvgIpc) is 2.92. The van der Waals surface area contributed by atoms with Gasteiger partial charge >= 0.3 is 0 Å². The molecule has 20 heavy (non-hydrogen) atoms. The van der Waals surface area contributed by atoms with E-state index in [0.29, 0.717) is 12.4 Å². The molecule has 1 aliphatic carbocycles. The van der Waals surface area contributed by atoms with Crippen LogP contribution in [0.1, 0.15) is 43.7 Å². The van der Waals surface area contributed by atoms with E-state index in [1.807, 2.05) is 31.2 Å². The molecule has 5 heteroatoms. The summed E-state index contributed by atoms with van der Waals surface area (Å²) in [7, 11) is -3.24. The monoisotopic (exact) mass is 315 g/mol. The van der Waals surface area contributed by atoms with Gasteiger partial charge in [0.15, 0.2) is 0 Å². The predicted molar refractivity (Wildman–Crippen MR) is 83.3 cm³/mol. The van der Waals surface area contributed by atoms with Crippen LogP contribution in [0.3, 0.4) is 0 Å². The van der Waals surface area contributed by atoms with Crippen LogP contribution < -0.4 is 0 Å². The van der Waals surface area contributed by atoms with E-state index in [4.69, 9.17) is 11.6 Å². The van der Waals surface area contributed by atoms with E-state index in [9.17, 15) is 8.42 Å². The first-order chi connectivity index (χ1) is 9.56. The molecule has 0 bridgehead atoms. The Kier molecular flexibility index (Phi) is 5.47. The van der Waals surface area contributed by atoms with Crippen molar-refractivity contribution in [2.24, 2.45) is 0 Å². The van der Waals surface area contributed by atoms with Gasteiger partial charge in [0.2, 0.25) is 10.0 Å². The lowest BCUT2D eigenvalue weighted by atomic mass is 10.2. The molecule has 0 amide bonds. The van der Waals surface area contributed by atoms with E-state index < -0.39 is 10.0 Å². The number of halogens is 1. The number of sulfonamides is 1. The van der Waals surface area contributed by atoms with Crippen LogP contribution >= 0.6 is 11.6 Å². The third-order valence-corrected chi connectivity index (χ3v) is 6.17. The minimum absolute atomic E-state index is 0.0715. The van der Waals surface area contributed by atoms with Crippen LogP contribution in [-0.2, 0) is 21.7 Å². The molecule has 1 saturated carbocycles. The lowest BCUT2D eigenvalue weighted by Gasteiger charge is -2.26. The van der Waals surface area contributed by atoms with Crippen molar-refractivity contribution in [3.05, 3.63) is 35.4 Å². The van der Waals surface area contributed by atoms with Crippen LogP contribution in [0.2, 0.25) is 0 Å². The molecule has 112 valence electrons. The lowest BCUT2D eigenvalue weighted by molar-refractivity contribution is 0.335. The van der Waals surface area contributed by atoms with Gasteiger partial charge in [0.25, 0.3) is 0 Å². The van der Waals surface area contributed by atoms with Crippen LogP contribution in [0.15, 0.2) is 24.3 Å². The standard InChI is InChI=1S/C15H22ClNO2S/c1-2-17(15-8-3-4-9-15)20(18,19)12-14-7-5-6-13(10-14)11-16/h5-7,10,15H,2-4,8-9,11-12H2,1H3. The zero-order valence-electron chi connectivity index (χ0n) is 11.9. The summed E-state index contributed by atoms with van der Waals surface area (Å²) in [6, 6.07) is 7.72. The Hall–Kier alpha value is -0.580. The Labute approximate surface area is 127 Å². The third-order valence-electron chi connectivity index (χ3n) is 3.90. The molecule has 2 rings (SSSR count). The number of hydrogen-bond donors (Lipinski definition) is 0. The Bertz CT molecular complexity index is 539. The zero-order chi connectivity index (χ0) is 14.6. The summed E-state index contributed by atoms with van der Waals surface area (Å²) >= 11 is 5.80. The second-order valence-corrected chi connectivity index (χ2v) is 7.54. The van der Waals surface area contributed by atoms with Gasteiger partial charge in [-0.2, -0.15) is 4.31 Å². The molecular formula is C15H22ClNO2S. The number of nitrogens with zero attached hydrogens (tertiary/aromatic N) is 1. The predicted octanol–water partition coefficient (Wildman–Crippen LogP) is 3.52. The van der Waals surface area contributed by atoms with Gasteiger partial charge in [0.1, 0.15) is 0 Å². The van der Waals surface area contributed by atoms with Gasteiger partial charge in [0.05, 0.1) is 5.75 Å². The summed E-state index contributed by atoms with van der Waals surface area (Å²) < 4.78 is 26.9. The zero-order valence-corrected chi connectivity index (χ0v) is 13.5. The highest BCUT2D eigenvalue weighted by atomic mass is 35.5. The van der Waals surface area contributed by atoms with Gasteiger partial charge in [-0.15, -0.1) is 11.6 Å². The Balaban J connectivity index is 2.15. The van der Waals surface area contributed by atoms with Crippen molar-refractivity contribution in [1.29, 1.82) is 0 Å². The van der Waals surface area contributed by atoms with Crippen LogP contribution in [0.4, 0.5) is 0 Å². The molecule has 1 aromatic carbocycles. The van der Waals surface area contributed by atoms with Crippen LogP contribution in [0, 0.1) is 0 Å². The highest BCUT2D eigenvalue weighted by molar-refractivity contribution is 7.88. The quantitative estimate of drug-likeness (QED) is 0.753. The van der Waals surface area contributed by atoms with Crippen molar-refractivity contribution in [1.82, 2.24) is 4.31 Å². The van der Waals surface area contributed by atoms with Gasteiger partial charge in [-0.3, -0.25) is 0 Å². The van der Waals surface area contributed by atoms with Crippen molar-refractivity contribution in [2.45, 2.75) is 50.3 Å². The van der Waals surface area contributed by atoms with Gasteiger partial charge in [-0.1, -0.05) is 44.0 Å². The molecule has 0 aromatic heterocycles. The number of rotatable bonds is 6. The number of alkyl halides is 1. The van der Waals surface area contributed by atoms with Crippen LogP contribution in [0.5, 0.6) is 0 Å². The SMILES string of the molecule is CCN(C1CCCC1)S(=O)(=O)Cc1cccc(CCl)c1. The fourth-order valence-electron chi connectivity index (χ4n) is 2.97. The van der Waals surface area contributed by atoms with Crippen molar-refractivity contribution < 1.29 is 8.42 Å². The summed E-state index contributed by atoms with van der Waals surface area (Å²) in [6.45, 7) is 2.48. The summed E-state index contributed by atoms with van der Waals surface area (Å²) in [6.07, 6.45) is 4.26. The van der Waals surface area contributed by atoms with E-state index in [1.165, 1.54) is 0 Å². The topological polar surface area (TPSA) is 37.4 Å². The fraction of sp³-hybridized carbons (Fsp3) is 0.600. The van der Waals surface area contributed by atoms with Gasteiger partial charge in [-0.25, -0.2) is 8.42 Å². The molecule has 0 N–H and O–H groups in total.